The van der Waals surface area contributed by atoms with Crippen molar-refractivity contribution in [3.8, 4) is 0 Å². The summed E-state index contributed by atoms with van der Waals surface area (Å²) in [4.78, 5) is 27.4. The predicted molar refractivity (Wildman–Crippen MR) is 132 cm³/mol. The summed E-state index contributed by atoms with van der Waals surface area (Å²) in [6.07, 6.45) is 0.814. The molecular weight excluding hydrogens is 475 g/mol. The molecule has 0 saturated carbocycles. The molecule has 0 aliphatic heterocycles. The van der Waals surface area contributed by atoms with Crippen molar-refractivity contribution in [1.29, 1.82) is 0 Å². The molecule has 0 bridgehead atoms. The second-order valence-corrected chi connectivity index (χ2v) is 9.57. The molecule has 2 atom stereocenters. The van der Waals surface area contributed by atoms with Crippen molar-refractivity contribution in [2.45, 2.75) is 51.6 Å². The number of halogens is 3. The number of nitrogens with one attached hydrogen (secondary N) is 1. The van der Waals surface area contributed by atoms with Crippen LogP contribution in [0.4, 0.5) is 0 Å². The highest BCUT2D eigenvalue weighted by molar-refractivity contribution is 7.99. The number of hydrogen-bond donors (Lipinski definition) is 1. The summed E-state index contributed by atoms with van der Waals surface area (Å²) < 4.78 is 0. The largest absolute Gasteiger partial charge is 0.352 e. The molecule has 0 radical (unpaired) electrons. The van der Waals surface area contributed by atoms with Crippen LogP contribution < -0.4 is 5.32 Å². The van der Waals surface area contributed by atoms with E-state index in [0.717, 1.165) is 17.5 Å². The van der Waals surface area contributed by atoms with Gasteiger partial charge in [-0.2, -0.15) is 0 Å². The molecule has 8 heteroatoms. The number of nitrogens with zero attached hydrogens (tertiary/aromatic N) is 1. The van der Waals surface area contributed by atoms with Crippen LogP contribution in [0.2, 0.25) is 15.1 Å². The van der Waals surface area contributed by atoms with Crippen LogP contribution in [0.3, 0.4) is 0 Å². The van der Waals surface area contributed by atoms with Crippen molar-refractivity contribution in [3.05, 3.63) is 68.7 Å². The Morgan fingerprint density at radius 2 is 1.74 bits per heavy atom. The first-order valence-electron chi connectivity index (χ1n) is 10.1. The number of amides is 2. The maximum absolute atomic E-state index is 13.1. The van der Waals surface area contributed by atoms with Gasteiger partial charge in [0.2, 0.25) is 11.8 Å². The molecule has 168 valence electrons. The van der Waals surface area contributed by atoms with Gasteiger partial charge < -0.3 is 10.2 Å². The minimum Gasteiger partial charge on any atom is -0.352 e. The maximum Gasteiger partial charge on any atom is 0.242 e. The van der Waals surface area contributed by atoms with Crippen LogP contribution in [0, 0.1) is 0 Å². The van der Waals surface area contributed by atoms with Crippen LogP contribution in [0.25, 0.3) is 0 Å². The van der Waals surface area contributed by atoms with Crippen molar-refractivity contribution >= 4 is 58.4 Å². The van der Waals surface area contributed by atoms with E-state index in [0.29, 0.717) is 20.8 Å². The first-order valence-corrected chi connectivity index (χ1v) is 12.4. The Labute approximate surface area is 203 Å². The number of hydrogen-bond acceptors (Lipinski definition) is 3. The predicted octanol–water partition coefficient (Wildman–Crippen LogP) is 6.21. The SMILES string of the molecule is CC[C@@H](C)NC(=O)[C@@H](C)N(Cc1ccccc1Cl)C(=O)CSCc1ccc(Cl)cc1Cl. The highest BCUT2D eigenvalue weighted by Gasteiger charge is 2.27. The average Bonchev–Trinajstić information content (AvgIpc) is 2.73. The normalized spacial score (nSPS) is 12.8. The number of rotatable bonds is 10. The minimum absolute atomic E-state index is 0.0358. The van der Waals surface area contributed by atoms with Crippen molar-refractivity contribution in [2.24, 2.45) is 0 Å². The van der Waals surface area contributed by atoms with E-state index in [4.69, 9.17) is 34.8 Å². The maximum atomic E-state index is 13.1. The van der Waals surface area contributed by atoms with E-state index in [1.165, 1.54) is 11.8 Å². The summed E-state index contributed by atoms with van der Waals surface area (Å²) in [6.45, 7) is 5.94. The van der Waals surface area contributed by atoms with E-state index in [1.807, 2.05) is 38.1 Å². The summed E-state index contributed by atoms with van der Waals surface area (Å²) >= 11 is 19.9. The molecule has 0 aromatic heterocycles. The van der Waals surface area contributed by atoms with Crippen LogP contribution in [0.5, 0.6) is 0 Å². The molecule has 0 aliphatic rings. The molecule has 0 aliphatic carbocycles. The Morgan fingerprint density at radius 1 is 1.03 bits per heavy atom. The molecule has 0 saturated heterocycles. The van der Waals surface area contributed by atoms with Gasteiger partial charge in [0.15, 0.2) is 0 Å². The standard InChI is InChI=1S/C23H27Cl3N2O2S/c1-4-15(2)27-23(30)16(3)28(12-17-7-5-6-8-20(17)25)22(29)14-31-13-18-9-10-19(24)11-21(18)26/h5-11,15-16H,4,12-14H2,1-3H3,(H,27,30)/t15-,16-/m1/s1. The number of carbonyl (C=O) groups is 2. The second kappa shape index (κ2) is 12.6. The van der Waals surface area contributed by atoms with Crippen LogP contribution in [-0.2, 0) is 21.9 Å². The van der Waals surface area contributed by atoms with E-state index in [-0.39, 0.29) is 30.2 Å². The molecule has 0 spiro atoms. The molecule has 2 aromatic carbocycles. The van der Waals surface area contributed by atoms with Gasteiger partial charge in [0, 0.05) is 33.4 Å². The Morgan fingerprint density at radius 3 is 2.39 bits per heavy atom. The van der Waals surface area contributed by atoms with Crippen molar-refractivity contribution in [2.75, 3.05) is 5.75 Å². The number of thioether (sulfide) groups is 1. The first-order chi connectivity index (χ1) is 14.7. The zero-order chi connectivity index (χ0) is 23.0. The highest BCUT2D eigenvalue weighted by atomic mass is 35.5. The third-order valence-corrected chi connectivity index (χ3v) is 6.89. The van der Waals surface area contributed by atoms with Gasteiger partial charge in [0.25, 0.3) is 0 Å². The zero-order valence-electron chi connectivity index (χ0n) is 17.8. The number of benzene rings is 2. The molecule has 0 unspecified atom stereocenters. The summed E-state index contributed by atoms with van der Waals surface area (Å²) in [5.74, 6) is 0.460. The third-order valence-electron chi connectivity index (χ3n) is 4.97. The summed E-state index contributed by atoms with van der Waals surface area (Å²) in [5, 5.41) is 4.66. The van der Waals surface area contributed by atoms with Gasteiger partial charge in [0.1, 0.15) is 6.04 Å². The van der Waals surface area contributed by atoms with Crippen molar-refractivity contribution in [1.82, 2.24) is 10.2 Å². The topological polar surface area (TPSA) is 49.4 Å². The quantitative estimate of drug-likeness (QED) is 0.421. The monoisotopic (exact) mass is 500 g/mol. The van der Waals surface area contributed by atoms with E-state index in [9.17, 15) is 9.59 Å². The smallest absolute Gasteiger partial charge is 0.242 e. The Balaban J connectivity index is 2.11. The highest BCUT2D eigenvalue weighted by Crippen LogP contribution is 2.25. The minimum atomic E-state index is -0.627. The lowest BCUT2D eigenvalue weighted by Gasteiger charge is -2.30. The Kier molecular flexibility index (Phi) is 10.5. The molecule has 31 heavy (non-hydrogen) atoms. The summed E-state index contributed by atoms with van der Waals surface area (Å²) in [6, 6.07) is 12.1. The van der Waals surface area contributed by atoms with Crippen LogP contribution >= 0.6 is 46.6 Å². The average molecular weight is 502 g/mol. The van der Waals surface area contributed by atoms with Gasteiger partial charge in [-0.25, -0.2) is 0 Å². The fourth-order valence-electron chi connectivity index (χ4n) is 2.83. The summed E-state index contributed by atoms with van der Waals surface area (Å²) in [7, 11) is 0. The van der Waals surface area contributed by atoms with Crippen molar-refractivity contribution < 1.29 is 9.59 Å². The molecule has 1 N–H and O–H groups in total. The van der Waals surface area contributed by atoms with Gasteiger partial charge in [0.05, 0.1) is 5.75 Å². The fourth-order valence-corrected chi connectivity index (χ4v) is 4.49. The third kappa shape index (κ3) is 7.90. The molecule has 2 amide bonds. The number of carbonyl (C=O) groups excluding carboxylic acids is 2. The molecule has 2 rings (SSSR count). The Bertz CT molecular complexity index is 910. The van der Waals surface area contributed by atoms with E-state index < -0.39 is 6.04 Å². The van der Waals surface area contributed by atoms with E-state index in [1.54, 1.807) is 30.0 Å². The second-order valence-electron chi connectivity index (χ2n) is 7.34. The van der Waals surface area contributed by atoms with E-state index >= 15 is 0 Å². The van der Waals surface area contributed by atoms with Crippen LogP contribution in [0.1, 0.15) is 38.3 Å². The van der Waals surface area contributed by atoms with E-state index in [2.05, 4.69) is 5.32 Å². The zero-order valence-corrected chi connectivity index (χ0v) is 20.9. The van der Waals surface area contributed by atoms with Gasteiger partial charge in [-0.1, -0.05) is 66.0 Å². The van der Waals surface area contributed by atoms with Crippen LogP contribution in [-0.4, -0.2) is 34.6 Å². The summed E-state index contributed by atoms with van der Waals surface area (Å²) in [5.41, 5.74) is 1.70. The fraction of sp³-hybridized carbons (Fsp3) is 0.391. The molecule has 2 aromatic rings. The lowest BCUT2D eigenvalue weighted by molar-refractivity contribution is -0.138. The first kappa shape index (κ1) is 25.9. The lowest BCUT2D eigenvalue weighted by Crippen LogP contribution is -2.50. The molecule has 4 nitrogen and oxygen atoms in total. The van der Waals surface area contributed by atoms with Gasteiger partial charge >= 0.3 is 0 Å². The Hall–Kier alpha value is -1.40. The molecule has 0 fully saturated rings. The van der Waals surface area contributed by atoms with Crippen LogP contribution in [0.15, 0.2) is 42.5 Å². The lowest BCUT2D eigenvalue weighted by atomic mass is 10.1. The molecular formula is C23H27Cl3N2O2S. The van der Waals surface area contributed by atoms with Gasteiger partial charge in [-0.15, -0.1) is 11.8 Å². The van der Waals surface area contributed by atoms with Gasteiger partial charge in [-0.3, -0.25) is 9.59 Å². The molecule has 0 heterocycles. The van der Waals surface area contributed by atoms with Crippen molar-refractivity contribution in [3.63, 3.8) is 0 Å². The van der Waals surface area contributed by atoms with Gasteiger partial charge in [-0.05, 0) is 49.6 Å².